The van der Waals surface area contributed by atoms with Gasteiger partial charge in [-0.25, -0.2) is 0 Å². The number of benzene rings is 1. The summed E-state index contributed by atoms with van der Waals surface area (Å²) < 4.78 is 10.5. The van der Waals surface area contributed by atoms with Gasteiger partial charge < -0.3 is 14.4 Å². The summed E-state index contributed by atoms with van der Waals surface area (Å²) in [4.78, 5) is 14.5. The van der Waals surface area contributed by atoms with Crippen LogP contribution in [-0.4, -0.2) is 44.2 Å². The van der Waals surface area contributed by atoms with Gasteiger partial charge in [-0.3, -0.25) is 4.79 Å². The van der Waals surface area contributed by atoms with Gasteiger partial charge in [-0.15, -0.1) is 0 Å². The molecule has 1 amide bonds. The maximum absolute atomic E-state index is 12.4. The molecule has 0 bridgehead atoms. The molecule has 0 unspecified atom stereocenters. The van der Waals surface area contributed by atoms with Crippen molar-refractivity contribution in [1.29, 1.82) is 0 Å². The van der Waals surface area contributed by atoms with Crippen LogP contribution in [0.15, 0.2) is 24.3 Å². The number of likely N-dealkylation sites (tertiary alicyclic amines) is 1. The molecule has 1 saturated heterocycles. The Morgan fingerprint density at radius 2 is 1.82 bits per heavy atom. The number of methoxy groups -OCH3 is 2. The lowest BCUT2D eigenvalue weighted by Gasteiger charge is -2.51. The first-order valence-electron chi connectivity index (χ1n) is 8.08. The Morgan fingerprint density at radius 1 is 1.18 bits per heavy atom. The molecule has 1 spiro atoms. The summed E-state index contributed by atoms with van der Waals surface area (Å²) in [6.45, 7) is 1.79. The number of nitrogens with zero attached hydrogens (tertiary/aromatic N) is 1. The first kappa shape index (κ1) is 15.3. The van der Waals surface area contributed by atoms with Crippen molar-refractivity contribution < 1.29 is 14.3 Å². The zero-order valence-corrected chi connectivity index (χ0v) is 13.5. The summed E-state index contributed by atoms with van der Waals surface area (Å²) in [6, 6.07) is 7.76. The van der Waals surface area contributed by atoms with Crippen LogP contribution < -0.4 is 4.74 Å². The zero-order chi connectivity index (χ0) is 15.6. The normalized spacial score (nSPS) is 20.7. The van der Waals surface area contributed by atoms with Gasteiger partial charge in [0, 0.05) is 20.2 Å². The van der Waals surface area contributed by atoms with Gasteiger partial charge in [-0.05, 0) is 48.8 Å². The van der Waals surface area contributed by atoms with Crippen molar-refractivity contribution in [3.63, 3.8) is 0 Å². The summed E-state index contributed by atoms with van der Waals surface area (Å²) >= 11 is 0. The van der Waals surface area contributed by atoms with Gasteiger partial charge in [0.15, 0.2) is 0 Å². The zero-order valence-electron chi connectivity index (χ0n) is 13.5. The van der Waals surface area contributed by atoms with Crippen LogP contribution in [0.25, 0.3) is 0 Å². The lowest BCUT2D eigenvalue weighted by atomic mass is 9.61. The largest absolute Gasteiger partial charge is 0.497 e. The Hall–Kier alpha value is -1.55. The number of carbonyl (C=O) groups excluding carboxylic acids is 1. The van der Waals surface area contributed by atoms with Crippen LogP contribution in [-0.2, 0) is 16.0 Å². The molecule has 22 heavy (non-hydrogen) atoms. The third-order valence-electron chi connectivity index (χ3n) is 5.35. The fourth-order valence-corrected chi connectivity index (χ4v) is 3.74. The number of hydrogen-bond acceptors (Lipinski definition) is 3. The second kappa shape index (κ2) is 6.29. The molecule has 4 heteroatoms. The van der Waals surface area contributed by atoms with Crippen molar-refractivity contribution in [3.05, 3.63) is 29.8 Å². The van der Waals surface area contributed by atoms with E-state index in [4.69, 9.17) is 9.47 Å². The number of amides is 1. The van der Waals surface area contributed by atoms with Gasteiger partial charge in [0.1, 0.15) is 5.75 Å². The highest BCUT2D eigenvalue weighted by molar-refractivity contribution is 5.78. The van der Waals surface area contributed by atoms with Crippen LogP contribution in [0, 0.1) is 5.41 Å². The molecule has 1 aromatic carbocycles. The lowest BCUT2D eigenvalue weighted by Crippen LogP contribution is -2.51. The molecule has 0 N–H and O–H groups in total. The van der Waals surface area contributed by atoms with Crippen LogP contribution >= 0.6 is 0 Å². The van der Waals surface area contributed by atoms with Gasteiger partial charge in [0.2, 0.25) is 5.91 Å². The third-order valence-corrected chi connectivity index (χ3v) is 5.35. The minimum atomic E-state index is 0.239. The molecule has 1 heterocycles. The molecule has 4 nitrogen and oxygen atoms in total. The van der Waals surface area contributed by atoms with Gasteiger partial charge in [0.25, 0.3) is 0 Å². The summed E-state index contributed by atoms with van der Waals surface area (Å²) in [7, 11) is 3.45. The minimum absolute atomic E-state index is 0.239. The number of hydrogen-bond donors (Lipinski definition) is 0. The van der Waals surface area contributed by atoms with E-state index in [0.29, 0.717) is 17.9 Å². The Morgan fingerprint density at radius 3 is 2.36 bits per heavy atom. The molecule has 1 aliphatic heterocycles. The van der Waals surface area contributed by atoms with Gasteiger partial charge in [-0.1, -0.05) is 12.1 Å². The molecule has 0 radical (unpaired) electrons. The average molecular weight is 303 g/mol. The molecule has 2 aliphatic rings. The molecule has 3 rings (SSSR count). The van der Waals surface area contributed by atoms with Crippen LogP contribution in [0.5, 0.6) is 5.75 Å². The van der Waals surface area contributed by atoms with E-state index in [9.17, 15) is 4.79 Å². The molecule has 1 saturated carbocycles. The predicted molar refractivity (Wildman–Crippen MR) is 85.0 cm³/mol. The van der Waals surface area contributed by atoms with Crippen LogP contribution in [0.4, 0.5) is 0 Å². The quantitative estimate of drug-likeness (QED) is 0.858. The van der Waals surface area contributed by atoms with Crippen molar-refractivity contribution in [1.82, 2.24) is 4.90 Å². The molecule has 1 aliphatic carbocycles. The molecule has 2 fully saturated rings. The highest BCUT2D eigenvalue weighted by atomic mass is 16.5. The van der Waals surface area contributed by atoms with E-state index in [1.165, 1.54) is 12.8 Å². The predicted octanol–water partition coefficient (Wildman–Crippen LogP) is 2.66. The Balaban J connectivity index is 1.49. The smallest absolute Gasteiger partial charge is 0.226 e. The van der Waals surface area contributed by atoms with E-state index in [2.05, 4.69) is 0 Å². The molecule has 1 aromatic rings. The minimum Gasteiger partial charge on any atom is -0.497 e. The highest BCUT2D eigenvalue weighted by Crippen LogP contribution is 2.50. The SMILES string of the molecule is COc1ccc(CC(=O)N2CCC3(CC2)CC(OC)C3)cc1. The van der Waals surface area contributed by atoms with Crippen molar-refractivity contribution in [2.75, 3.05) is 27.3 Å². The fraction of sp³-hybridized carbons (Fsp3) is 0.611. The Bertz CT molecular complexity index is 510. The van der Waals surface area contributed by atoms with Gasteiger partial charge in [-0.2, -0.15) is 0 Å². The van der Waals surface area contributed by atoms with Crippen molar-refractivity contribution >= 4 is 5.91 Å². The van der Waals surface area contributed by atoms with E-state index < -0.39 is 0 Å². The third kappa shape index (κ3) is 3.12. The lowest BCUT2D eigenvalue weighted by molar-refractivity contribution is -0.137. The summed E-state index contributed by atoms with van der Waals surface area (Å²) in [5, 5.41) is 0. The Kier molecular flexibility index (Phi) is 4.39. The fourth-order valence-electron chi connectivity index (χ4n) is 3.74. The van der Waals surface area contributed by atoms with Crippen molar-refractivity contribution in [2.45, 2.75) is 38.2 Å². The van der Waals surface area contributed by atoms with Gasteiger partial charge >= 0.3 is 0 Å². The maximum Gasteiger partial charge on any atom is 0.226 e. The molecule has 0 aromatic heterocycles. The van der Waals surface area contributed by atoms with Crippen molar-refractivity contribution in [2.24, 2.45) is 5.41 Å². The van der Waals surface area contributed by atoms with Crippen LogP contribution in [0.1, 0.15) is 31.2 Å². The van der Waals surface area contributed by atoms with E-state index in [-0.39, 0.29) is 5.91 Å². The molecule has 120 valence electrons. The molecular weight excluding hydrogens is 278 g/mol. The summed E-state index contributed by atoms with van der Waals surface area (Å²) in [5.41, 5.74) is 1.51. The van der Waals surface area contributed by atoms with E-state index in [0.717, 1.165) is 37.2 Å². The second-order valence-electron chi connectivity index (χ2n) is 6.67. The van der Waals surface area contributed by atoms with Crippen LogP contribution in [0.3, 0.4) is 0 Å². The van der Waals surface area contributed by atoms with Crippen molar-refractivity contribution in [3.8, 4) is 5.75 Å². The number of piperidine rings is 1. The number of ether oxygens (including phenoxy) is 2. The van der Waals surface area contributed by atoms with E-state index in [1.807, 2.05) is 29.2 Å². The standard InChI is InChI=1S/C18H25NO3/c1-21-15-5-3-14(4-6-15)11-17(20)19-9-7-18(8-10-19)12-16(13-18)22-2/h3-6,16H,7-13H2,1-2H3. The Labute approximate surface area is 132 Å². The van der Waals surface area contributed by atoms with E-state index >= 15 is 0 Å². The number of carbonyl (C=O) groups is 1. The second-order valence-corrected chi connectivity index (χ2v) is 6.67. The number of rotatable bonds is 4. The first-order chi connectivity index (χ1) is 10.6. The summed E-state index contributed by atoms with van der Waals surface area (Å²) in [5.74, 6) is 1.07. The van der Waals surface area contributed by atoms with Crippen LogP contribution in [0.2, 0.25) is 0 Å². The van der Waals surface area contributed by atoms with E-state index in [1.54, 1.807) is 14.2 Å². The molecule has 0 atom stereocenters. The monoisotopic (exact) mass is 303 g/mol. The topological polar surface area (TPSA) is 38.8 Å². The average Bonchev–Trinajstić information content (AvgIpc) is 2.53. The maximum atomic E-state index is 12.4. The highest BCUT2D eigenvalue weighted by Gasteiger charge is 2.46. The first-order valence-corrected chi connectivity index (χ1v) is 8.08. The molecular formula is C18H25NO3. The van der Waals surface area contributed by atoms with Gasteiger partial charge in [0.05, 0.1) is 19.6 Å². The summed E-state index contributed by atoms with van der Waals surface area (Å²) in [6.07, 6.45) is 5.52.